The van der Waals surface area contributed by atoms with E-state index in [-0.39, 0.29) is 0 Å². The second-order valence-corrected chi connectivity index (χ2v) is 7.13. The number of aromatic nitrogens is 1. The van der Waals surface area contributed by atoms with Gasteiger partial charge in [-0.2, -0.15) is 0 Å². The normalized spacial score (nSPS) is 38.2. The maximum atomic E-state index is 6.40. The summed E-state index contributed by atoms with van der Waals surface area (Å²) in [6.45, 7) is 2.53. The van der Waals surface area contributed by atoms with Gasteiger partial charge >= 0.3 is 0 Å². The van der Waals surface area contributed by atoms with Gasteiger partial charge in [0.2, 0.25) is 5.88 Å². The highest BCUT2D eigenvalue weighted by Crippen LogP contribution is 2.54. The number of ether oxygens (including phenoxy) is 1. The van der Waals surface area contributed by atoms with Gasteiger partial charge in [-0.1, -0.05) is 6.07 Å². The minimum Gasteiger partial charge on any atom is -0.474 e. The molecule has 0 spiro atoms. The molecule has 4 fully saturated rings. The van der Waals surface area contributed by atoms with Gasteiger partial charge in [0.1, 0.15) is 6.10 Å². The number of hydrogen-bond acceptors (Lipinski definition) is 3. The van der Waals surface area contributed by atoms with E-state index in [1.54, 1.807) is 0 Å². The summed E-state index contributed by atoms with van der Waals surface area (Å²) in [5.74, 6) is 4.29. The summed E-state index contributed by atoms with van der Waals surface area (Å²) >= 11 is 0. The van der Waals surface area contributed by atoms with Crippen LogP contribution in [0.1, 0.15) is 43.4 Å². The fourth-order valence-corrected chi connectivity index (χ4v) is 5.02. The van der Waals surface area contributed by atoms with Crippen molar-refractivity contribution in [2.75, 3.05) is 0 Å². The predicted octanol–water partition coefficient (Wildman–Crippen LogP) is 3.05. The molecular weight excluding hydrogens is 248 g/mol. The minimum absolute atomic E-state index is 0.391. The summed E-state index contributed by atoms with van der Waals surface area (Å²) in [5.41, 5.74) is 7.89. The monoisotopic (exact) mass is 272 g/mol. The lowest BCUT2D eigenvalue weighted by Crippen LogP contribution is -2.50. The predicted molar refractivity (Wildman–Crippen MR) is 78.3 cm³/mol. The zero-order valence-corrected chi connectivity index (χ0v) is 12.2. The lowest BCUT2D eigenvalue weighted by atomic mass is 9.55. The van der Waals surface area contributed by atoms with E-state index in [4.69, 9.17) is 10.5 Å². The smallest absolute Gasteiger partial charge is 0.218 e. The van der Waals surface area contributed by atoms with Crippen molar-refractivity contribution < 1.29 is 4.74 Å². The molecule has 3 nitrogen and oxygen atoms in total. The van der Waals surface area contributed by atoms with Crippen LogP contribution in [0, 0.1) is 30.6 Å². The Kier molecular flexibility index (Phi) is 2.99. The van der Waals surface area contributed by atoms with Crippen LogP contribution in [0.2, 0.25) is 0 Å². The van der Waals surface area contributed by atoms with Gasteiger partial charge in [0, 0.05) is 17.8 Å². The Labute approximate surface area is 120 Å². The first-order valence-electron chi connectivity index (χ1n) is 8.06. The quantitative estimate of drug-likeness (QED) is 0.920. The Morgan fingerprint density at radius 1 is 1.10 bits per heavy atom. The largest absolute Gasteiger partial charge is 0.474 e. The molecule has 0 atom stereocenters. The number of nitrogens with two attached hydrogens (primary N) is 1. The molecule has 0 amide bonds. The molecule has 4 aliphatic carbocycles. The molecule has 20 heavy (non-hydrogen) atoms. The van der Waals surface area contributed by atoms with Crippen molar-refractivity contribution in [2.24, 2.45) is 29.4 Å². The second kappa shape index (κ2) is 4.73. The molecule has 0 aromatic carbocycles. The standard InChI is InChI=1S/C17H24N2O/c1-10-2-3-13(9-18)17(19-10)20-16-14-5-11-4-12(7-14)8-15(16)6-11/h2-3,11-12,14-16H,4-9,18H2,1H3. The van der Waals surface area contributed by atoms with Gasteiger partial charge in [-0.3, -0.25) is 0 Å². The fourth-order valence-electron chi connectivity index (χ4n) is 5.02. The SMILES string of the molecule is Cc1ccc(CN)c(OC2C3CC4CC(C3)CC2C4)n1. The highest BCUT2D eigenvalue weighted by atomic mass is 16.5. The molecule has 0 radical (unpaired) electrons. The number of aryl methyl sites for hydroxylation is 1. The number of hydrogen-bond donors (Lipinski definition) is 1. The van der Waals surface area contributed by atoms with E-state index in [1.165, 1.54) is 32.1 Å². The van der Waals surface area contributed by atoms with Crippen LogP contribution in [-0.2, 0) is 6.54 Å². The molecule has 1 aromatic rings. The van der Waals surface area contributed by atoms with Crippen LogP contribution in [0.4, 0.5) is 0 Å². The summed E-state index contributed by atoms with van der Waals surface area (Å²) in [7, 11) is 0. The third kappa shape index (κ3) is 2.03. The summed E-state index contributed by atoms with van der Waals surface area (Å²) in [5, 5.41) is 0. The molecular formula is C17H24N2O. The third-order valence-corrected chi connectivity index (χ3v) is 5.69. The van der Waals surface area contributed by atoms with E-state index in [1.807, 2.05) is 13.0 Å². The summed E-state index contributed by atoms with van der Waals surface area (Å²) in [6, 6.07) is 4.08. The van der Waals surface area contributed by atoms with Crippen molar-refractivity contribution in [3.8, 4) is 5.88 Å². The Bertz CT molecular complexity index is 486. The lowest BCUT2D eigenvalue weighted by Gasteiger charge is -2.53. The number of pyridine rings is 1. The molecule has 1 aromatic heterocycles. The van der Waals surface area contributed by atoms with Crippen molar-refractivity contribution in [2.45, 2.75) is 51.7 Å². The first-order chi connectivity index (χ1) is 9.72. The van der Waals surface area contributed by atoms with Gasteiger partial charge in [-0.15, -0.1) is 0 Å². The summed E-state index contributed by atoms with van der Waals surface area (Å²) < 4.78 is 6.40. The molecule has 0 unspecified atom stereocenters. The number of rotatable bonds is 3. The topological polar surface area (TPSA) is 48.1 Å². The lowest BCUT2D eigenvalue weighted by molar-refractivity contribution is -0.0808. The molecule has 108 valence electrons. The zero-order chi connectivity index (χ0) is 13.7. The van der Waals surface area contributed by atoms with E-state index < -0.39 is 0 Å². The molecule has 3 heteroatoms. The highest BCUT2D eigenvalue weighted by Gasteiger charge is 2.49. The Hall–Kier alpha value is -1.09. The summed E-state index contributed by atoms with van der Waals surface area (Å²) in [6.07, 6.45) is 7.38. The molecule has 0 aliphatic heterocycles. The molecule has 5 rings (SSSR count). The van der Waals surface area contributed by atoms with Crippen LogP contribution in [0.3, 0.4) is 0 Å². The molecule has 2 N–H and O–H groups in total. The first-order valence-corrected chi connectivity index (χ1v) is 8.06. The van der Waals surface area contributed by atoms with Crippen molar-refractivity contribution in [3.63, 3.8) is 0 Å². The highest BCUT2D eigenvalue weighted by molar-refractivity contribution is 5.28. The average Bonchev–Trinajstić information content (AvgIpc) is 2.42. The zero-order valence-electron chi connectivity index (χ0n) is 12.2. The first kappa shape index (κ1) is 12.6. The van der Waals surface area contributed by atoms with Gasteiger partial charge in [0.05, 0.1) is 0 Å². The molecule has 4 saturated carbocycles. The van der Waals surface area contributed by atoms with E-state index in [0.29, 0.717) is 12.6 Å². The van der Waals surface area contributed by atoms with E-state index in [9.17, 15) is 0 Å². The Morgan fingerprint density at radius 3 is 2.35 bits per heavy atom. The number of nitrogens with zero attached hydrogens (tertiary/aromatic N) is 1. The van der Waals surface area contributed by atoms with Crippen LogP contribution in [0.15, 0.2) is 12.1 Å². The van der Waals surface area contributed by atoms with Gasteiger partial charge < -0.3 is 10.5 Å². The van der Waals surface area contributed by atoms with Crippen LogP contribution in [0.25, 0.3) is 0 Å². The maximum absolute atomic E-state index is 6.40. The maximum Gasteiger partial charge on any atom is 0.218 e. The van der Waals surface area contributed by atoms with Gasteiger partial charge in [0.15, 0.2) is 0 Å². The van der Waals surface area contributed by atoms with Crippen molar-refractivity contribution >= 4 is 0 Å². The van der Waals surface area contributed by atoms with Crippen LogP contribution < -0.4 is 10.5 Å². The van der Waals surface area contributed by atoms with Crippen LogP contribution >= 0.6 is 0 Å². The van der Waals surface area contributed by atoms with Crippen LogP contribution in [-0.4, -0.2) is 11.1 Å². The molecule has 1 heterocycles. The van der Waals surface area contributed by atoms with Crippen molar-refractivity contribution in [1.82, 2.24) is 4.98 Å². The fraction of sp³-hybridized carbons (Fsp3) is 0.706. The van der Waals surface area contributed by atoms with Gasteiger partial charge in [-0.25, -0.2) is 4.98 Å². The van der Waals surface area contributed by atoms with Gasteiger partial charge in [0.25, 0.3) is 0 Å². The third-order valence-electron chi connectivity index (χ3n) is 5.69. The van der Waals surface area contributed by atoms with Gasteiger partial charge in [-0.05, 0) is 68.8 Å². The average molecular weight is 272 g/mol. The van der Waals surface area contributed by atoms with Crippen molar-refractivity contribution in [3.05, 3.63) is 23.4 Å². The van der Waals surface area contributed by atoms with Crippen molar-refractivity contribution in [1.29, 1.82) is 0 Å². The Morgan fingerprint density at radius 2 is 1.75 bits per heavy atom. The van der Waals surface area contributed by atoms with E-state index >= 15 is 0 Å². The van der Waals surface area contributed by atoms with E-state index in [0.717, 1.165) is 40.8 Å². The van der Waals surface area contributed by atoms with Crippen LogP contribution in [0.5, 0.6) is 5.88 Å². The van der Waals surface area contributed by atoms with E-state index in [2.05, 4.69) is 11.1 Å². The molecule has 0 saturated heterocycles. The minimum atomic E-state index is 0.391. The Balaban J connectivity index is 1.58. The summed E-state index contributed by atoms with van der Waals surface area (Å²) in [4.78, 5) is 4.59. The molecule has 4 bridgehead atoms. The molecule has 4 aliphatic rings. The second-order valence-electron chi connectivity index (χ2n) is 7.13.